The van der Waals surface area contributed by atoms with Crippen molar-refractivity contribution in [2.24, 2.45) is 0 Å². The molecule has 1 aliphatic rings. The van der Waals surface area contributed by atoms with Gasteiger partial charge in [0.05, 0.1) is 0 Å². The van der Waals surface area contributed by atoms with E-state index in [0.717, 1.165) is 12.8 Å². The molecule has 5 nitrogen and oxygen atoms in total. The largest absolute Gasteiger partial charge is 0.314 e. The zero-order valence-electron chi connectivity index (χ0n) is 11.2. The molecule has 2 rings (SSSR count). The Morgan fingerprint density at radius 2 is 1.84 bits per heavy atom. The van der Waals surface area contributed by atoms with E-state index in [4.69, 9.17) is 0 Å². The van der Waals surface area contributed by atoms with Gasteiger partial charge >= 0.3 is 10.2 Å². The summed E-state index contributed by atoms with van der Waals surface area (Å²) in [4.78, 5) is 0. The Bertz CT molecular complexity index is 493. The average Bonchev–Trinajstić information content (AvgIpc) is 2.42. The van der Waals surface area contributed by atoms with Crippen LogP contribution in [0.1, 0.15) is 18.9 Å². The van der Waals surface area contributed by atoms with E-state index in [-0.39, 0.29) is 0 Å². The number of nitrogens with one attached hydrogen (secondary N) is 2. The first-order chi connectivity index (χ1) is 9.12. The van der Waals surface area contributed by atoms with Gasteiger partial charge in [0.2, 0.25) is 0 Å². The molecule has 0 spiro atoms. The SMILES string of the molecule is CCCc1ccc(NS(=O)(=O)N2CCNCC2)cc1. The van der Waals surface area contributed by atoms with Crippen molar-refractivity contribution in [1.82, 2.24) is 9.62 Å². The molecule has 1 aromatic carbocycles. The van der Waals surface area contributed by atoms with Crippen LogP contribution in [0.2, 0.25) is 0 Å². The molecule has 1 saturated heterocycles. The van der Waals surface area contributed by atoms with E-state index in [0.29, 0.717) is 31.9 Å². The molecule has 1 aromatic rings. The predicted molar refractivity (Wildman–Crippen MR) is 77.4 cm³/mol. The molecular formula is C13H21N3O2S. The second-order valence-corrected chi connectivity index (χ2v) is 6.37. The highest BCUT2D eigenvalue weighted by Crippen LogP contribution is 2.14. The number of anilines is 1. The molecule has 1 fully saturated rings. The molecule has 0 amide bonds. The molecule has 0 radical (unpaired) electrons. The summed E-state index contributed by atoms with van der Waals surface area (Å²) in [6.45, 7) is 4.57. The Hall–Kier alpha value is -1.11. The molecule has 2 N–H and O–H groups in total. The van der Waals surface area contributed by atoms with Crippen LogP contribution in [0.3, 0.4) is 0 Å². The van der Waals surface area contributed by atoms with Gasteiger partial charge in [-0.05, 0) is 24.1 Å². The lowest BCUT2D eigenvalue weighted by molar-refractivity contribution is 0.362. The summed E-state index contributed by atoms with van der Waals surface area (Å²) in [5.74, 6) is 0. The number of hydrogen-bond acceptors (Lipinski definition) is 3. The number of rotatable bonds is 5. The van der Waals surface area contributed by atoms with Gasteiger partial charge in [-0.15, -0.1) is 0 Å². The molecule has 1 heterocycles. The summed E-state index contributed by atoms with van der Waals surface area (Å²) in [7, 11) is -3.42. The summed E-state index contributed by atoms with van der Waals surface area (Å²) in [6, 6.07) is 7.59. The molecule has 19 heavy (non-hydrogen) atoms. The molecule has 1 aliphatic heterocycles. The van der Waals surface area contributed by atoms with Gasteiger partial charge in [-0.25, -0.2) is 0 Å². The molecule has 6 heteroatoms. The summed E-state index contributed by atoms with van der Waals surface area (Å²) < 4.78 is 28.4. The van der Waals surface area contributed by atoms with Crippen LogP contribution < -0.4 is 10.0 Å². The Balaban J connectivity index is 2.02. The van der Waals surface area contributed by atoms with E-state index in [1.807, 2.05) is 24.3 Å². The van der Waals surface area contributed by atoms with Crippen molar-refractivity contribution in [2.75, 3.05) is 30.9 Å². The fourth-order valence-corrected chi connectivity index (χ4v) is 3.35. The van der Waals surface area contributed by atoms with E-state index in [1.165, 1.54) is 9.87 Å². The van der Waals surface area contributed by atoms with Crippen LogP contribution in [0.25, 0.3) is 0 Å². The van der Waals surface area contributed by atoms with Gasteiger partial charge in [-0.2, -0.15) is 12.7 Å². The Kier molecular flexibility index (Phi) is 4.79. The fourth-order valence-electron chi connectivity index (χ4n) is 2.13. The first-order valence-electron chi connectivity index (χ1n) is 6.69. The summed E-state index contributed by atoms with van der Waals surface area (Å²) in [5.41, 5.74) is 1.85. The topological polar surface area (TPSA) is 61.4 Å². The van der Waals surface area contributed by atoms with Crippen LogP contribution in [0.15, 0.2) is 24.3 Å². The summed E-state index contributed by atoms with van der Waals surface area (Å²) in [6.07, 6.45) is 2.11. The number of hydrogen-bond donors (Lipinski definition) is 2. The standard InChI is InChI=1S/C13H21N3O2S/c1-2-3-12-4-6-13(7-5-12)15-19(17,18)16-10-8-14-9-11-16/h4-7,14-15H,2-3,8-11H2,1H3. The molecule has 0 unspecified atom stereocenters. The lowest BCUT2D eigenvalue weighted by Crippen LogP contribution is -2.48. The van der Waals surface area contributed by atoms with Crippen LogP contribution in [0.5, 0.6) is 0 Å². The smallest absolute Gasteiger partial charge is 0.301 e. The van der Waals surface area contributed by atoms with Crippen molar-refractivity contribution in [3.05, 3.63) is 29.8 Å². The minimum atomic E-state index is -3.42. The van der Waals surface area contributed by atoms with Crippen molar-refractivity contribution >= 4 is 15.9 Å². The highest BCUT2D eigenvalue weighted by atomic mass is 32.2. The molecule has 0 atom stereocenters. The van der Waals surface area contributed by atoms with Gasteiger partial charge < -0.3 is 5.32 Å². The van der Waals surface area contributed by atoms with E-state index < -0.39 is 10.2 Å². The highest BCUT2D eigenvalue weighted by molar-refractivity contribution is 7.90. The van der Waals surface area contributed by atoms with Gasteiger partial charge in [0.15, 0.2) is 0 Å². The lowest BCUT2D eigenvalue weighted by atomic mass is 10.1. The molecule has 106 valence electrons. The van der Waals surface area contributed by atoms with Crippen LogP contribution in [-0.4, -0.2) is 38.9 Å². The summed E-state index contributed by atoms with van der Waals surface area (Å²) in [5, 5.41) is 3.14. The Morgan fingerprint density at radius 1 is 1.21 bits per heavy atom. The van der Waals surface area contributed by atoms with Crippen LogP contribution >= 0.6 is 0 Å². The molecule has 0 aromatic heterocycles. The van der Waals surface area contributed by atoms with E-state index in [9.17, 15) is 8.42 Å². The maximum absolute atomic E-state index is 12.2. The maximum atomic E-state index is 12.2. The fraction of sp³-hybridized carbons (Fsp3) is 0.538. The lowest BCUT2D eigenvalue weighted by Gasteiger charge is -2.26. The Labute approximate surface area is 115 Å². The van der Waals surface area contributed by atoms with Gasteiger partial charge in [-0.1, -0.05) is 25.5 Å². The van der Waals surface area contributed by atoms with Gasteiger partial charge in [0.1, 0.15) is 0 Å². The monoisotopic (exact) mass is 283 g/mol. The minimum absolute atomic E-state index is 0.517. The quantitative estimate of drug-likeness (QED) is 0.853. The second-order valence-electron chi connectivity index (χ2n) is 4.70. The van der Waals surface area contributed by atoms with Gasteiger partial charge in [0, 0.05) is 31.9 Å². The average molecular weight is 283 g/mol. The summed E-state index contributed by atoms with van der Waals surface area (Å²) >= 11 is 0. The molecular weight excluding hydrogens is 262 g/mol. The zero-order valence-corrected chi connectivity index (χ0v) is 12.0. The van der Waals surface area contributed by atoms with E-state index >= 15 is 0 Å². The van der Waals surface area contributed by atoms with Gasteiger partial charge in [0.25, 0.3) is 0 Å². The van der Waals surface area contributed by atoms with Crippen molar-refractivity contribution in [1.29, 1.82) is 0 Å². The van der Waals surface area contributed by atoms with E-state index in [1.54, 1.807) is 0 Å². The number of nitrogens with zero attached hydrogens (tertiary/aromatic N) is 1. The normalized spacial score (nSPS) is 17.3. The molecule has 0 bridgehead atoms. The Morgan fingerprint density at radius 3 is 2.42 bits per heavy atom. The van der Waals surface area contributed by atoms with Crippen molar-refractivity contribution in [3.8, 4) is 0 Å². The van der Waals surface area contributed by atoms with Crippen LogP contribution in [0, 0.1) is 0 Å². The van der Waals surface area contributed by atoms with Crippen LogP contribution in [0.4, 0.5) is 5.69 Å². The van der Waals surface area contributed by atoms with Crippen molar-refractivity contribution in [3.63, 3.8) is 0 Å². The van der Waals surface area contributed by atoms with Gasteiger partial charge in [-0.3, -0.25) is 4.72 Å². The minimum Gasteiger partial charge on any atom is -0.314 e. The van der Waals surface area contributed by atoms with Crippen molar-refractivity contribution in [2.45, 2.75) is 19.8 Å². The molecule has 0 aliphatic carbocycles. The maximum Gasteiger partial charge on any atom is 0.301 e. The first kappa shape index (κ1) is 14.3. The number of piperazine rings is 1. The first-order valence-corrected chi connectivity index (χ1v) is 8.13. The molecule has 0 saturated carbocycles. The second kappa shape index (κ2) is 6.36. The number of benzene rings is 1. The van der Waals surface area contributed by atoms with Crippen LogP contribution in [-0.2, 0) is 16.6 Å². The third-order valence-electron chi connectivity index (χ3n) is 3.16. The predicted octanol–water partition coefficient (Wildman–Crippen LogP) is 1.20. The van der Waals surface area contributed by atoms with Crippen molar-refractivity contribution < 1.29 is 8.42 Å². The third kappa shape index (κ3) is 3.92. The zero-order chi connectivity index (χ0) is 13.7. The number of aryl methyl sites for hydroxylation is 1. The third-order valence-corrected chi connectivity index (χ3v) is 4.69. The van der Waals surface area contributed by atoms with E-state index in [2.05, 4.69) is 17.0 Å². The highest BCUT2D eigenvalue weighted by Gasteiger charge is 2.23.